The Morgan fingerprint density at radius 1 is 1.54 bits per heavy atom. The molecule has 0 saturated carbocycles. The van der Waals surface area contributed by atoms with Crippen LogP contribution in [-0.2, 0) is 4.79 Å². The highest BCUT2D eigenvalue weighted by Crippen LogP contribution is 2.19. The number of aliphatic hydroxyl groups excluding tert-OH is 1. The van der Waals surface area contributed by atoms with Gasteiger partial charge in [0.05, 0.1) is 18.6 Å². The summed E-state index contributed by atoms with van der Waals surface area (Å²) >= 11 is 0. The number of hydrogen-bond donors (Lipinski definition) is 3. The second-order valence-corrected chi connectivity index (χ2v) is 3.96. The van der Waals surface area contributed by atoms with Gasteiger partial charge in [-0.05, 0) is 18.8 Å². The van der Waals surface area contributed by atoms with E-state index in [1.165, 1.54) is 0 Å². The molecule has 0 fully saturated rings. The smallest absolute Gasteiger partial charge is 0.220 e. The monoisotopic (exact) mass is 189 g/mol. The summed E-state index contributed by atoms with van der Waals surface area (Å²) in [4.78, 5) is 10.6. The van der Waals surface area contributed by atoms with Gasteiger partial charge in [-0.15, -0.1) is 0 Å². The summed E-state index contributed by atoms with van der Waals surface area (Å²) in [5.41, 5.74) is 3.63. The molecule has 0 radical (unpaired) electrons. The van der Waals surface area contributed by atoms with E-state index in [-0.39, 0.29) is 6.42 Å². The molecular formula is C9H19NO3. The van der Waals surface area contributed by atoms with Crippen LogP contribution in [0.15, 0.2) is 0 Å². The Kier molecular flexibility index (Phi) is 4.95. The molecule has 0 aromatic heterocycles. The van der Waals surface area contributed by atoms with Crippen molar-refractivity contribution in [1.29, 1.82) is 0 Å². The number of primary amides is 1. The van der Waals surface area contributed by atoms with Crippen molar-refractivity contribution in [3.8, 4) is 0 Å². The van der Waals surface area contributed by atoms with Crippen LogP contribution in [0.3, 0.4) is 0 Å². The zero-order chi connectivity index (χ0) is 10.5. The highest BCUT2D eigenvalue weighted by Gasteiger charge is 2.28. The van der Waals surface area contributed by atoms with Crippen molar-refractivity contribution < 1.29 is 15.0 Å². The van der Waals surface area contributed by atoms with Crippen LogP contribution in [0.5, 0.6) is 0 Å². The van der Waals surface area contributed by atoms with E-state index in [1.54, 1.807) is 0 Å². The maximum Gasteiger partial charge on any atom is 0.220 e. The highest BCUT2D eigenvalue weighted by molar-refractivity contribution is 5.74. The Morgan fingerprint density at radius 2 is 2.08 bits per heavy atom. The first-order valence-corrected chi connectivity index (χ1v) is 4.51. The third-order valence-corrected chi connectivity index (χ3v) is 1.98. The predicted octanol–water partition coefficient (Wildman–Crippen LogP) is 0.0214. The number of amides is 1. The fourth-order valence-corrected chi connectivity index (χ4v) is 1.11. The lowest BCUT2D eigenvalue weighted by molar-refractivity contribution is -0.125. The molecule has 0 bridgehead atoms. The molecule has 0 aromatic rings. The Labute approximate surface area is 78.7 Å². The average molecular weight is 189 g/mol. The van der Waals surface area contributed by atoms with Crippen LogP contribution in [0.1, 0.15) is 33.1 Å². The molecule has 0 aliphatic carbocycles. The molecule has 0 rings (SSSR count). The fraction of sp³-hybridized carbons (Fsp3) is 0.889. The lowest BCUT2D eigenvalue weighted by Gasteiger charge is -2.25. The number of nitrogens with two attached hydrogens (primary N) is 1. The molecule has 0 aliphatic rings. The summed E-state index contributed by atoms with van der Waals surface area (Å²) in [6.07, 6.45) is 1.00. The third-order valence-electron chi connectivity index (χ3n) is 1.98. The van der Waals surface area contributed by atoms with Crippen LogP contribution < -0.4 is 5.73 Å². The van der Waals surface area contributed by atoms with Gasteiger partial charge in [0.15, 0.2) is 0 Å². The zero-order valence-corrected chi connectivity index (χ0v) is 8.29. The molecule has 4 nitrogen and oxygen atoms in total. The van der Waals surface area contributed by atoms with E-state index in [2.05, 4.69) is 0 Å². The largest absolute Gasteiger partial charge is 0.393 e. The summed E-state index contributed by atoms with van der Waals surface area (Å²) in [6.45, 7) is 3.62. The van der Waals surface area contributed by atoms with E-state index in [0.29, 0.717) is 12.3 Å². The van der Waals surface area contributed by atoms with E-state index < -0.39 is 18.1 Å². The molecule has 13 heavy (non-hydrogen) atoms. The van der Waals surface area contributed by atoms with Gasteiger partial charge < -0.3 is 15.9 Å². The van der Waals surface area contributed by atoms with Crippen molar-refractivity contribution in [2.45, 2.75) is 38.7 Å². The quantitative estimate of drug-likeness (QED) is 0.551. The summed E-state index contributed by atoms with van der Waals surface area (Å²) < 4.78 is 0. The van der Waals surface area contributed by atoms with E-state index in [1.807, 2.05) is 13.8 Å². The first kappa shape index (κ1) is 12.4. The Balaban J connectivity index is 4.03. The van der Waals surface area contributed by atoms with Gasteiger partial charge in [0.1, 0.15) is 0 Å². The van der Waals surface area contributed by atoms with Crippen molar-refractivity contribution >= 4 is 5.91 Å². The summed E-state index contributed by atoms with van der Waals surface area (Å²) in [6, 6.07) is 0. The second-order valence-electron chi connectivity index (χ2n) is 3.96. The van der Waals surface area contributed by atoms with Gasteiger partial charge in [-0.3, -0.25) is 4.79 Å². The van der Waals surface area contributed by atoms with Crippen LogP contribution >= 0.6 is 0 Å². The van der Waals surface area contributed by atoms with Crippen LogP contribution in [0.4, 0.5) is 0 Å². The average Bonchev–Trinajstić information content (AvgIpc) is 2.00. The Morgan fingerprint density at radius 3 is 2.38 bits per heavy atom. The molecule has 4 heteroatoms. The molecule has 0 spiro atoms. The van der Waals surface area contributed by atoms with Crippen LogP contribution in [-0.4, -0.2) is 28.3 Å². The van der Waals surface area contributed by atoms with Gasteiger partial charge in [0, 0.05) is 0 Å². The SMILES string of the molecule is CC(C)CCC(O)(CO)CC(N)=O. The van der Waals surface area contributed by atoms with Crippen LogP contribution in [0.25, 0.3) is 0 Å². The number of aliphatic hydroxyl groups is 2. The minimum atomic E-state index is -1.32. The molecular weight excluding hydrogens is 170 g/mol. The topological polar surface area (TPSA) is 83.6 Å². The van der Waals surface area contributed by atoms with Crippen LogP contribution in [0.2, 0.25) is 0 Å². The van der Waals surface area contributed by atoms with E-state index in [4.69, 9.17) is 10.8 Å². The molecule has 78 valence electrons. The van der Waals surface area contributed by atoms with Gasteiger partial charge in [-0.2, -0.15) is 0 Å². The van der Waals surface area contributed by atoms with Crippen molar-refractivity contribution in [3.63, 3.8) is 0 Å². The minimum Gasteiger partial charge on any atom is -0.393 e. The predicted molar refractivity (Wildman–Crippen MR) is 49.9 cm³/mol. The van der Waals surface area contributed by atoms with Gasteiger partial charge in [-0.1, -0.05) is 13.8 Å². The van der Waals surface area contributed by atoms with Gasteiger partial charge in [0.25, 0.3) is 0 Å². The van der Waals surface area contributed by atoms with Gasteiger partial charge >= 0.3 is 0 Å². The summed E-state index contributed by atoms with van der Waals surface area (Å²) in [5.74, 6) is -0.147. The van der Waals surface area contributed by atoms with Gasteiger partial charge in [-0.25, -0.2) is 0 Å². The van der Waals surface area contributed by atoms with Crippen LogP contribution in [0, 0.1) is 5.92 Å². The number of rotatable bonds is 6. The summed E-state index contributed by atoms with van der Waals surface area (Å²) in [7, 11) is 0. The number of hydrogen-bond acceptors (Lipinski definition) is 3. The lowest BCUT2D eigenvalue weighted by atomic mass is 9.91. The van der Waals surface area contributed by atoms with E-state index >= 15 is 0 Å². The molecule has 1 amide bonds. The van der Waals surface area contributed by atoms with Gasteiger partial charge in [0.2, 0.25) is 5.91 Å². The fourth-order valence-electron chi connectivity index (χ4n) is 1.11. The first-order valence-electron chi connectivity index (χ1n) is 4.51. The molecule has 1 unspecified atom stereocenters. The number of carbonyl (C=O) groups is 1. The molecule has 0 heterocycles. The highest BCUT2D eigenvalue weighted by atomic mass is 16.3. The summed E-state index contributed by atoms with van der Waals surface area (Å²) in [5, 5.41) is 18.6. The molecule has 4 N–H and O–H groups in total. The normalized spacial score (nSPS) is 15.8. The Hall–Kier alpha value is -0.610. The second kappa shape index (κ2) is 5.19. The molecule has 0 aliphatic heterocycles. The lowest BCUT2D eigenvalue weighted by Crippen LogP contribution is -2.38. The maximum atomic E-state index is 10.6. The van der Waals surface area contributed by atoms with E-state index in [0.717, 1.165) is 6.42 Å². The molecule has 0 saturated heterocycles. The Bertz CT molecular complexity index is 170. The standard InChI is InChI=1S/C9H19NO3/c1-7(2)3-4-9(13,6-11)5-8(10)12/h7,11,13H,3-6H2,1-2H3,(H2,10,12). The van der Waals surface area contributed by atoms with Crippen molar-refractivity contribution in [1.82, 2.24) is 0 Å². The molecule has 0 aromatic carbocycles. The van der Waals surface area contributed by atoms with Crippen molar-refractivity contribution in [2.75, 3.05) is 6.61 Å². The van der Waals surface area contributed by atoms with Crippen molar-refractivity contribution in [2.24, 2.45) is 11.7 Å². The van der Waals surface area contributed by atoms with Crippen molar-refractivity contribution in [3.05, 3.63) is 0 Å². The number of carbonyl (C=O) groups excluding carboxylic acids is 1. The van der Waals surface area contributed by atoms with E-state index in [9.17, 15) is 9.90 Å². The minimum absolute atomic E-state index is 0.170. The zero-order valence-electron chi connectivity index (χ0n) is 8.29. The maximum absolute atomic E-state index is 10.6. The molecule has 1 atom stereocenters. The third kappa shape index (κ3) is 5.60. The first-order chi connectivity index (χ1) is 5.89.